The fraction of sp³-hybridized carbons (Fsp3) is 0.611. The largest absolute Gasteiger partial charge is 0.469 e. The lowest BCUT2D eigenvalue weighted by molar-refractivity contribution is -0.146. The molecule has 1 aromatic heterocycles. The lowest BCUT2D eigenvalue weighted by Gasteiger charge is -2.23. The number of carbonyl (C=O) groups excluding carboxylic acids is 3. The van der Waals surface area contributed by atoms with Crippen LogP contribution in [0.25, 0.3) is 0 Å². The van der Waals surface area contributed by atoms with E-state index in [9.17, 15) is 14.4 Å². The molecular formula is C18H28N4O4. The summed E-state index contributed by atoms with van der Waals surface area (Å²) in [5.74, 6) is -1.24. The molecule has 1 saturated carbocycles. The number of nitrogens with two attached hydrogens (primary N) is 1. The highest BCUT2D eigenvalue weighted by Crippen LogP contribution is 2.26. The highest BCUT2D eigenvalue weighted by molar-refractivity contribution is 5.96. The number of esters is 1. The van der Waals surface area contributed by atoms with Crippen molar-refractivity contribution in [3.05, 3.63) is 24.0 Å². The summed E-state index contributed by atoms with van der Waals surface area (Å²) in [7, 11) is 3.12. The van der Waals surface area contributed by atoms with E-state index in [1.807, 2.05) is 0 Å². The van der Waals surface area contributed by atoms with Crippen LogP contribution in [0, 0.1) is 5.92 Å². The Labute approximate surface area is 153 Å². The first kappa shape index (κ1) is 20.0. The van der Waals surface area contributed by atoms with E-state index < -0.39 is 6.04 Å². The van der Waals surface area contributed by atoms with Gasteiger partial charge < -0.3 is 25.7 Å². The first-order chi connectivity index (χ1) is 12.5. The van der Waals surface area contributed by atoms with E-state index in [0.717, 1.165) is 12.8 Å². The molecule has 1 aliphatic carbocycles. The van der Waals surface area contributed by atoms with Crippen LogP contribution in [-0.4, -0.2) is 48.1 Å². The minimum atomic E-state index is -0.695. The van der Waals surface area contributed by atoms with Crippen molar-refractivity contribution in [2.24, 2.45) is 18.7 Å². The summed E-state index contributed by atoms with van der Waals surface area (Å²) >= 11 is 0. The predicted molar refractivity (Wildman–Crippen MR) is 96.2 cm³/mol. The van der Waals surface area contributed by atoms with E-state index in [-0.39, 0.29) is 29.7 Å². The quantitative estimate of drug-likeness (QED) is 0.575. The minimum absolute atomic E-state index is 0.262. The zero-order chi connectivity index (χ0) is 19.1. The van der Waals surface area contributed by atoms with Crippen LogP contribution in [-0.2, 0) is 21.4 Å². The van der Waals surface area contributed by atoms with Gasteiger partial charge in [-0.3, -0.25) is 14.4 Å². The monoisotopic (exact) mass is 364 g/mol. The SMILES string of the molecule is COC(=O)[C@@H]1CCC[C@@H]1NC(=O)[C@H](CCCN)NC(=O)c1cccn1C. The average molecular weight is 364 g/mol. The van der Waals surface area contributed by atoms with Gasteiger partial charge >= 0.3 is 5.97 Å². The van der Waals surface area contributed by atoms with Crippen LogP contribution in [0.4, 0.5) is 0 Å². The third-order valence-corrected chi connectivity index (χ3v) is 4.84. The van der Waals surface area contributed by atoms with E-state index in [1.165, 1.54) is 7.11 Å². The van der Waals surface area contributed by atoms with Crippen LogP contribution in [0.15, 0.2) is 18.3 Å². The molecule has 2 rings (SSSR count). The van der Waals surface area contributed by atoms with Gasteiger partial charge in [-0.15, -0.1) is 0 Å². The summed E-state index contributed by atoms with van der Waals surface area (Å²) in [5.41, 5.74) is 6.04. The number of methoxy groups -OCH3 is 1. The number of aromatic nitrogens is 1. The predicted octanol–water partition coefficient (Wildman–Crippen LogP) is 0.320. The number of ether oxygens (including phenoxy) is 1. The Hall–Kier alpha value is -2.35. The highest BCUT2D eigenvalue weighted by atomic mass is 16.5. The minimum Gasteiger partial charge on any atom is -0.469 e. The molecule has 0 aromatic carbocycles. The molecule has 8 nitrogen and oxygen atoms in total. The van der Waals surface area contributed by atoms with Crippen molar-refractivity contribution in [2.75, 3.05) is 13.7 Å². The molecule has 8 heteroatoms. The van der Waals surface area contributed by atoms with Crippen molar-refractivity contribution < 1.29 is 19.1 Å². The van der Waals surface area contributed by atoms with Gasteiger partial charge in [0.2, 0.25) is 5.91 Å². The zero-order valence-electron chi connectivity index (χ0n) is 15.4. The Bertz CT molecular complexity index is 643. The fourth-order valence-corrected chi connectivity index (χ4v) is 3.37. The second-order valence-electron chi connectivity index (χ2n) is 6.64. The molecule has 0 radical (unpaired) electrons. The molecule has 1 aliphatic rings. The molecule has 0 aliphatic heterocycles. The molecule has 1 heterocycles. The first-order valence-electron chi connectivity index (χ1n) is 8.98. The van der Waals surface area contributed by atoms with Crippen molar-refractivity contribution in [1.29, 1.82) is 0 Å². The molecule has 1 fully saturated rings. The Kier molecular flexibility index (Phi) is 7.20. The maximum absolute atomic E-state index is 12.7. The molecule has 0 unspecified atom stereocenters. The third kappa shape index (κ3) is 4.85. The van der Waals surface area contributed by atoms with Gasteiger partial charge in [-0.05, 0) is 44.4 Å². The number of nitrogens with one attached hydrogen (secondary N) is 2. The number of aryl methyl sites for hydroxylation is 1. The van der Waals surface area contributed by atoms with Crippen LogP contribution in [0.2, 0.25) is 0 Å². The number of nitrogens with zero attached hydrogens (tertiary/aromatic N) is 1. The molecular weight excluding hydrogens is 336 g/mol. The lowest BCUT2D eigenvalue weighted by atomic mass is 10.0. The van der Waals surface area contributed by atoms with Crippen molar-refractivity contribution in [1.82, 2.24) is 15.2 Å². The van der Waals surface area contributed by atoms with E-state index in [1.54, 1.807) is 29.9 Å². The van der Waals surface area contributed by atoms with E-state index in [0.29, 0.717) is 31.5 Å². The normalized spacial score (nSPS) is 20.4. The van der Waals surface area contributed by atoms with E-state index in [4.69, 9.17) is 10.5 Å². The average Bonchev–Trinajstić information content (AvgIpc) is 3.26. The number of hydrogen-bond donors (Lipinski definition) is 3. The molecule has 2 amide bonds. The standard InChI is InChI=1S/C18H28N4O4/c1-22-11-5-9-15(22)17(24)21-14(8-4-10-19)16(23)20-13-7-3-6-12(13)18(25)26-2/h5,9,11-14H,3-4,6-8,10,19H2,1-2H3,(H,20,23)(H,21,24)/t12-,13+,14+/m1/s1. The number of amides is 2. The van der Waals surface area contributed by atoms with Gasteiger partial charge in [0, 0.05) is 19.3 Å². The summed E-state index contributed by atoms with van der Waals surface area (Å²) in [5, 5.41) is 5.70. The smallest absolute Gasteiger partial charge is 0.310 e. The maximum Gasteiger partial charge on any atom is 0.310 e. The molecule has 1 aromatic rings. The second kappa shape index (κ2) is 9.38. The van der Waals surface area contributed by atoms with Crippen LogP contribution in [0.1, 0.15) is 42.6 Å². The number of hydrogen-bond acceptors (Lipinski definition) is 5. The second-order valence-corrected chi connectivity index (χ2v) is 6.64. The Morgan fingerprint density at radius 3 is 2.77 bits per heavy atom. The van der Waals surface area contributed by atoms with Crippen LogP contribution in [0.5, 0.6) is 0 Å². The summed E-state index contributed by atoms with van der Waals surface area (Å²) in [6.45, 7) is 0.429. The van der Waals surface area contributed by atoms with Gasteiger partial charge in [0.15, 0.2) is 0 Å². The third-order valence-electron chi connectivity index (χ3n) is 4.84. The number of rotatable bonds is 8. The first-order valence-corrected chi connectivity index (χ1v) is 8.98. The zero-order valence-corrected chi connectivity index (χ0v) is 15.4. The van der Waals surface area contributed by atoms with Crippen molar-refractivity contribution in [3.63, 3.8) is 0 Å². The lowest BCUT2D eigenvalue weighted by Crippen LogP contribution is -2.51. The fourth-order valence-electron chi connectivity index (χ4n) is 3.37. The van der Waals surface area contributed by atoms with E-state index in [2.05, 4.69) is 10.6 Å². The highest BCUT2D eigenvalue weighted by Gasteiger charge is 2.36. The van der Waals surface area contributed by atoms with Gasteiger partial charge in [0.05, 0.1) is 13.0 Å². The summed E-state index contributed by atoms with van der Waals surface area (Å²) < 4.78 is 6.51. The Morgan fingerprint density at radius 2 is 2.15 bits per heavy atom. The Morgan fingerprint density at radius 1 is 1.38 bits per heavy atom. The van der Waals surface area contributed by atoms with Crippen LogP contribution >= 0.6 is 0 Å². The Balaban J connectivity index is 2.03. The molecule has 26 heavy (non-hydrogen) atoms. The molecule has 4 N–H and O–H groups in total. The van der Waals surface area contributed by atoms with Crippen molar-refractivity contribution in [2.45, 2.75) is 44.2 Å². The molecule has 144 valence electrons. The van der Waals surface area contributed by atoms with Gasteiger partial charge in [-0.2, -0.15) is 0 Å². The maximum atomic E-state index is 12.7. The summed E-state index contributed by atoms with van der Waals surface area (Å²) in [4.78, 5) is 37.0. The molecule has 0 spiro atoms. The van der Waals surface area contributed by atoms with Crippen molar-refractivity contribution in [3.8, 4) is 0 Å². The van der Waals surface area contributed by atoms with E-state index >= 15 is 0 Å². The van der Waals surface area contributed by atoms with Crippen LogP contribution < -0.4 is 16.4 Å². The summed E-state index contributed by atoms with van der Waals surface area (Å²) in [6.07, 6.45) is 5.09. The van der Waals surface area contributed by atoms with Gasteiger partial charge in [-0.25, -0.2) is 0 Å². The topological polar surface area (TPSA) is 115 Å². The molecule has 0 bridgehead atoms. The van der Waals surface area contributed by atoms with Crippen LogP contribution in [0.3, 0.4) is 0 Å². The van der Waals surface area contributed by atoms with Gasteiger partial charge in [0.25, 0.3) is 5.91 Å². The number of carbonyl (C=O) groups is 3. The molecule has 0 saturated heterocycles. The summed E-state index contributed by atoms with van der Waals surface area (Å²) in [6, 6.07) is 2.50. The van der Waals surface area contributed by atoms with Gasteiger partial charge in [0.1, 0.15) is 11.7 Å². The van der Waals surface area contributed by atoms with Gasteiger partial charge in [-0.1, -0.05) is 6.42 Å². The van der Waals surface area contributed by atoms with Crippen molar-refractivity contribution >= 4 is 17.8 Å². The molecule has 3 atom stereocenters.